The number of hydrogen-bond donors (Lipinski definition) is 1. The second-order valence-electron chi connectivity index (χ2n) is 6.49. The van der Waals surface area contributed by atoms with Crippen LogP contribution in [-0.4, -0.2) is 18.7 Å². The Labute approximate surface area is 125 Å². The molecule has 1 heterocycles. The maximum absolute atomic E-state index is 14.1. The molecular formula is C16H23ClFNO. The normalized spacial score (nSPS) is 23.9. The van der Waals surface area contributed by atoms with Gasteiger partial charge in [-0.2, -0.15) is 0 Å². The molecule has 0 amide bonds. The Morgan fingerprint density at radius 3 is 2.80 bits per heavy atom. The molecule has 0 saturated carbocycles. The molecule has 2 unspecified atom stereocenters. The van der Waals surface area contributed by atoms with Crippen molar-refractivity contribution in [3.05, 3.63) is 34.6 Å². The first-order chi connectivity index (χ1) is 9.37. The topological polar surface area (TPSA) is 21.3 Å². The molecule has 2 nitrogen and oxygen atoms in total. The van der Waals surface area contributed by atoms with E-state index >= 15 is 0 Å². The van der Waals surface area contributed by atoms with Crippen molar-refractivity contribution in [3.63, 3.8) is 0 Å². The van der Waals surface area contributed by atoms with E-state index in [1.54, 1.807) is 12.1 Å². The fourth-order valence-corrected chi connectivity index (χ4v) is 2.72. The largest absolute Gasteiger partial charge is 0.373 e. The summed E-state index contributed by atoms with van der Waals surface area (Å²) in [6.45, 7) is 7.92. The van der Waals surface area contributed by atoms with Crippen LogP contribution in [0.1, 0.15) is 45.3 Å². The third kappa shape index (κ3) is 4.18. The summed E-state index contributed by atoms with van der Waals surface area (Å²) in [6.07, 6.45) is 1.90. The van der Waals surface area contributed by atoms with Gasteiger partial charge in [-0.15, -0.1) is 0 Å². The zero-order valence-corrected chi connectivity index (χ0v) is 13.1. The van der Waals surface area contributed by atoms with E-state index in [4.69, 9.17) is 16.3 Å². The van der Waals surface area contributed by atoms with Crippen molar-refractivity contribution < 1.29 is 9.13 Å². The van der Waals surface area contributed by atoms with Gasteiger partial charge in [-0.25, -0.2) is 4.39 Å². The minimum atomic E-state index is -0.273. The molecule has 0 spiro atoms. The van der Waals surface area contributed by atoms with Gasteiger partial charge in [-0.3, -0.25) is 0 Å². The Kier molecular flexibility index (Phi) is 5.05. The van der Waals surface area contributed by atoms with Crippen molar-refractivity contribution in [3.8, 4) is 0 Å². The highest BCUT2D eigenvalue weighted by Crippen LogP contribution is 2.35. The van der Waals surface area contributed by atoms with E-state index < -0.39 is 0 Å². The molecule has 112 valence electrons. The Balaban J connectivity index is 2.14. The van der Waals surface area contributed by atoms with Crippen LogP contribution in [0.3, 0.4) is 0 Å². The van der Waals surface area contributed by atoms with Crippen molar-refractivity contribution in [2.24, 2.45) is 5.92 Å². The average molecular weight is 300 g/mol. The molecule has 2 atom stereocenters. The molecule has 2 rings (SSSR count). The van der Waals surface area contributed by atoms with Crippen LogP contribution in [0.25, 0.3) is 0 Å². The molecule has 1 aliphatic heterocycles. The highest BCUT2D eigenvalue weighted by Gasteiger charge is 2.30. The smallest absolute Gasteiger partial charge is 0.130 e. The summed E-state index contributed by atoms with van der Waals surface area (Å²) in [4.78, 5) is 0. The highest BCUT2D eigenvalue weighted by molar-refractivity contribution is 6.30. The Morgan fingerprint density at radius 1 is 1.40 bits per heavy atom. The van der Waals surface area contributed by atoms with Gasteiger partial charge < -0.3 is 10.1 Å². The summed E-state index contributed by atoms with van der Waals surface area (Å²) in [5, 5.41) is 3.92. The lowest BCUT2D eigenvalue weighted by Crippen LogP contribution is -2.41. The lowest BCUT2D eigenvalue weighted by molar-refractivity contribution is -0.0311. The molecule has 1 N–H and O–H groups in total. The first-order valence-electron chi connectivity index (χ1n) is 7.18. The summed E-state index contributed by atoms with van der Waals surface area (Å²) >= 11 is 5.82. The molecule has 1 aliphatic rings. The van der Waals surface area contributed by atoms with Crippen molar-refractivity contribution in [1.82, 2.24) is 5.32 Å². The molecule has 1 fully saturated rings. The Morgan fingerprint density at radius 2 is 2.15 bits per heavy atom. The highest BCUT2D eigenvalue weighted by atomic mass is 35.5. The van der Waals surface area contributed by atoms with Gasteiger partial charge in [-0.1, -0.05) is 17.7 Å². The van der Waals surface area contributed by atoms with E-state index in [2.05, 4.69) is 26.1 Å². The second kappa shape index (κ2) is 6.42. The fourth-order valence-electron chi connectivity index (χ4n) is 2.57. The van der Waals surface area contributed by atoms with Crippen molar-refractivity contribution in [2.75, 3.05) is 13.2 Å². The molecule has 0 aromatic heterocycles. The molecule has 1 aromatic rings. The van der Waals surface area contributed by atoms with Crippen LogP contribution in [0, 0.1) is 11.7 Å². The summed E-state index contributed by atoms with van der Waals surface area (Å²) in [7, 11) is 0. The standard InChI is InChI=1S/C16H23ClFNO/c1-16(2,3)19-10-11-5-4-8-20-15(11)13-7-6-12(17)9-14(13)18/h6-7,9,11,15,19H,4-5,8,10H2,1-3H3. The summed E-state index contributed by atoms with van der Waals surface area (Å²) in [5.74, 6) is 0.0174. The van der Waals surface area contributed by atoms with Crippen LogP contribution in [0.4, 0.5) is 4.39 Å². The van der Waals surface area contributed by atoms with E-state index in [-0.39, 0.29) is 17.5 Å². The first-order valence-corrected chi connectivity index (χ1v) is 7.56. The van der Waals surface area contributed by atoms with Crippen LogP contribution < -0.4 is 5.32 Å². The summed E-state index contributed by atoms with van der Waals surface area (Å²) in [6, 6.07) is 4.84. The van der Waals surface area contributed by atoms with Crippen LogP contribution in [0.2, 0.25) is 5.02 Å². The first kappa shape index (κ1) is 15.7. The van der Waals surface area contributed by atoms with Crippen LogP contribution in [-0.2, 0) is 4.74 Å². The van der Waals surface area contributed by atoms with Crippen molar-refractivity contribution in [1.29, 1.82) is 0 Å². The maximum atomic E-state index is 14.1. The number of hydrogen-bond acceptors (Lipinski definition) is 2. The predicted octanol–water partition coefficient (Wildman–Crippen LogP) is 4.33. The summed E-state index contributed by atoms with van der Waals surface area (Å²) in [5.41, 5.74) is 0.676. The quantitative estimate of drug-likeness (QED) is 0.896. The maximum Gasteiger partial charge on any atom is 0.130 e. The Bertz CT molecular complexity index is 458. The van der Waals surface area contributed by atoms with Crippen LogP contribution >= 0.6 is 11.6 Å². The van der Waals surface area contributed by atoms with E-state index in [0.717, 1.165) is 19.4 Å². The SMILES string of the molecule is CC(C)(C)NCC1CCCOC1c1ccc(Cl)cc1F. The molecule has 0 bridgehead atoms. The average Bonchev–Trinajstić information content (AvgIpc) is 2.36. The third-order valence-electron chi connectivity index (χ3n) is 3.61. The van der Waals surface area contributed by atoms with Crippen molar-refractivity contribution in [2.45, 2.75) is 45.3 Å². The zero-order valence-electron chi connectivity index (χ0n) is 12.4. The fraction of sp³-hybridized carbons (Fsp3) is 0.625. The van der Waals surface area contributed by atoms with Gasteiger partial charge in [0.25, 0.3) is 0 Å². The van der Waals surface area contributed by atoms with Crippen LogP contribution in [0.5, 0.6) is 0 Å². The molecule has 0 aliphatic carbocycles. The molecule has 1 saturated heterocycles. The van der Waals surface area contributed by atoms with Gasteiger partial charge in [0.1, 0.15) is 5.82 Å². The van der Waals surface area contributed by atoms with E-state index in [1.165, 1.54) is 6.07 Å². The van der Waals surface area contributed by atoms with Crippen molar-refractivity contribution >= 4 is 11.6 Å². The monoisotopic (exact) mass is 299 g/mol. The van der Waals surface area contributed by atoms with Gasteiger partial charge in [0.05, 0.1) is 6.10 Å². The van der Waals surface area contributed by atoms with Crippen LogP contribution in [0.15, 0.2) is 18.2 Å². The molecule has 0 radical (unpaired) electrons. The van der Waals surface area contributed by atoms with Gasteiger partial charge >= 0.3 is 0 Å². The van der Waals surface area contributed by atoms with E-state index in [9.17, 15) is 4.39 Å². The van der Waals surface area contributed by atoms with E-state index in [0.29, 0.717) is 23.1 Å². The van der Waals surface area contributed by atoms with Gasteiger partial charge in [0, 0.05) is 35.2 Å². The molecular weight excluding hydrogens is 277 g/mol. The van der Waals surface area contributed by atoms with E-state index in [1.807, 2.05) is 0 Å². The molecule has 20 heavy (non-hydrogen) atoms. The molecule has 4 heteroatoms. The predicted molar refractivity (Wildman–Crippen MR) is 80.6 cm³/mol. The van der Waals surface area contributed by atoms with Gasteiger partial charge in [0.2, 0.25) is 0 Å². The number of benzene rings is 1. The number of halogens is 2. The lowest BCUT2D eigenvalue weighted by Gasteiger charge is -2.34. The third-order valence-corrected chi connectivity index (χ3v) is 3.84. The summed E-state index contributed by atoms with van der Waals surface area (Å²) < 4.78 is 19.9. The van der Waals surface area contributed by atoms with Gasteiger partial charge in [-0.05, 0) is 45.7 Å². The minimum Gasteiger partial charge on any atom is -0.373 e. The number of ether oxygens (including phenoxy) is 1. The lowest BCUT2D eigenvalue weighted by atomic mass is 9.88. The zero-order chi connectivity index (χ0) is 14.8. The minimum absolute atomic E-state index is 0.0561. The number of rotatable bonds is 3. The second-order valence-corrected chi connectivity index (χ2v) is 6.93. The molecule has 1 aromatic carbocycles. The van der Waals surface area contributed by atoms with Gasteiger partial charge in [0.15, 0.2) is 0 Å². The number of nitrogens with one attached hydrogen (secondary N) is 1. The Hall–Kier alpha value is -0.640.